The third kappa shape index (κ3) is 5.61. The number of ether oxygens (including phenoxy) is 2. The molecule has 1 atom stereocenters. The number of morpholine rings is 1. The van der Waals surface area contributed by atoms with Crippen LogP contribution in [0.3, 0.4) is 0 Å². The number of thiocarbonyl (C=S) groups is 1. The summed E-state index contributed by atoms with van der Waals surface area (Å²) in [6, 6.07) is 22.5. The molecular formula is C26H28N6O2S2. The number of nitrogens with zero attached hydrogens (tertiary/aromatic N) is 5. The molecule has 8 nitrogen and oxygen atoms in total. The molecule has 1 fully saturated rings. The lowest BCUT2D eigenvalue weighted by Gasteiger charge is -2.36. The maximum absolute atomic E-state index is 6.14. The van der Waals surface area contributed by atoms with E-state index in [1.807, 2.05) is 55.6 Å². The zero-order valence-corrected chi connectivity index (χ0v) is 21.8. The fourth-order valence-corrected chi connectivity index (χ4v) is 4.79. The number of fused-ring (bicyclic) bond motifs is 1. The van der Waals surface area contributed by atoms with Crippen LogP contribution in [0, 0.1) is 6.92 Å². The van der Waals surface area contributed by atoms with Gasteiger partial charge < -0.3 is 19.7 Å². The summed E-state index contributed by atoms with van der Waals surface area (Å²) in [5.41, 5.74) is 3.14. The highest BCUT2D eigenvalue weighted by Crippen LogP contribution is 2.23. The molecule has 0 bridgehead atoms. The minimum absolute atomic E-state index is 0.0385. The van der Waals surface area contributed by atoms with Gasteiger partial charge in [0.05, 0.1) is 12.6 Å². The summed E-state index contributed by atoms with van der Waals surface area (Å²) in [6.07, 6.45) is 1.79. The van der Waals surface area contributed by atoms with Gasteiger partial charge in [-0.15, -0.1) is 5.10 Å². The largest absolute Gasteiger partial charge is 0.475 e. The summed E-state index contributed by atoms with van der Waals surface area (Å²) in [4.78, 5) is 11.0. The minimum Gasteiger partial charge on any atom is -0.475 e. The number of nitrogens with one attached hydrogen (secondary N) is 1. The molecule has 0 amide bonds. The molecule has 0 spiro atoms. The molecule has 1 saturated heterocycles. The van der Waals surface area contributed by atoms with E-state index in [0.29, 0.717) is 41.7 Å². The van der Waals surface area contributed by atoms with Gasteiger partial charge in [-0.3, -0.25) is 0 Å². The molecule has 10 heteroatoms. The van der Waals surface area contributed by atoms with Gasteiger partial charge in [-0.1, -0.05) is 72.4 Å². The highest BCUT2D eigenvalue weighted by atomic mass is 32.2. The molecule has 5 rings (SSSR count). The predicted octanol–water partition coefficient (Wildman–Crippen LogP) is 3.90. The van der Waals surface area contributed by atoms with Gasteiger partial charge in [-0.25, -0.2) is 4.98 Å². The van der Waals surface area contributed by atoms with Crippen molar-refractivity contribution in [3.8, 4) is 5.88 Å². The van der Waals surface area contributed by atoms with Crippen molar-refractivity contribution in [1.82, 2.24) is 29.8 Å². The Morgan fingerprint density at radius 3 is 2.50 bits per heavy atom. The van der Waals surface area contributed by atoms with Gasteiger partial charge in [0.2, 0.25) is 11.0 Å². The van der Waals surface area contributed by atoms with Crippen LogP contribution in [-0.4, -0.2) is 68.3 Å². The van der Waals surface area contributed by atoms with E-state index in [-0.39, 0.29) is 12.1 Å². The van der Waals surface area contributed by atoms with Crippen LogP contribution >= 0.6 is 24.0 Å². The summed E-state index contributed by atoms with van der Waals surface area (Å²) in [7, 11) is 0. The Hall–Kier alpha value is -3.21. The average Bonchev–Trinajstić information content (AvgIpc) is 3.34. The zero-order valence-electron chi connectivity index (χ0n) is 20.2. The minimum atomic E-state index is -0.141. The number of benzene rings is 2. The van der Waals surface area contributed by atoms with Crippen molar-refractivity contribution in [3.63, 3.8) is 0 Å². The van der Waals surface area contributed by atoms with E-state index >= 15 is 0 Å². The van der Waals surface area contributed by atoms with Gasteiger partial charge in [0.1, 0.15) is 12.7 Å². The highest BCUT2D eigenvalue weighted by molar-refractivity contribution is 7.98. The van der Waals surface area contributed by atoms with Crippen molar-refractivity contribution in [1.29, 1.82) is 0 Å². The number of aromatic nitrogens is 4. The first kappa shape index (κ1) is 24.5. The van der Waals surface area contributed by atoms with E-state index < -0.39 is 0 Å². The van der Waals surface area contributed by atoms with Gasteiger partial charge in [-0.2, -0.15) is 9.50 Å². The van der Waals surface area contributed by atoms with Crippen LogP contribution < -0.4 is 10.1 Å². The van der Waals surface area contributed by atoms with Crippen molar-refractivity contribution in [2.75, 3.05) is 32.6 Å². The lowest BCUT2D eigenvalue weighted by atomic mass is 9.99. The molecule has 1 aliphatic heterocycles. The van der Waals surface area contributed by atoms with Crippen molar-refractivity contribution in [2.45, 2.75) is 24.2 Å². The lowest BCUT2D eigenvalue weighted by molar-refractivity contribution is -0.0300. The van der Waals surface area contributed by atoms with Crippen molar-refractivity contribution >= 4 is 34.9 Å². The summed E-state index contributed by atoms with van der Waals surface area (Å²) < 4.78 is 13.8. The Balaban J connectivity index is 1.26. The topological polar surface area (TPSA) is 76.8 Å². The first-order valence-corrected chi connectivity index (χ1v) is 13.4. The Morgan fingerprint density at radius 1 is 1.14 bits per heavy atom. The van der Waals surface area contributed by atoms with E-state index in [1.54, 1.807) is 4.52 Å². The number of aryl methyl sites for hydroxylation is 1. The molecule has 2 aromatic carbocycles. The molecule has 0 saturated carbocycles. The van der Waals surface area contributed by atoms with Gasteiger partial charge in [-0.05, 0) is 36.5 Å². The number of hydrogen-bond acceptors (Lipinski definition) is 7. The molecule has 1 aliphatic rings. The van der Waals surface area contributed by atoms with E-state index in [1.165, 1.54) is 11.8 Å². The van der Waals surface area contributed by atoms with Gasteiger partial charge >= 0.3 is 0 Å². The third-order valence-electron chi connectivity index (χ3n) is 5.95. The van der Waals surface area contributed by atoms with Crippen molar-refractivity contribution in [3.05, 3.63) is 83.6 Å². The lowest BCUT2D eigenvalue weighted by Crippen LogP contribution is -2.51. The van der Waals surface area contributed by atoms with Gasteiger partial charge in [0.25, 0.3) is 5.78 Å². The normalized spacial score (nSPS) is 15.9. The maximum atomic E-state index is 6.14. The van der Waals surface area contributed by atoms with E-state index in [4.69, 9.17) is 21.7 Å². The van der Waals surface area contributed by atoms with E-state index in [2.05, 4.69) is 49.5 Å². The molecule has 0 radical (unpaired) electrons. The summed E-state index contributed by atoms with van der Waals surface area (Å²) in [5, 5.41) is 9.40. The summed E-state index contributed by atoms with van der Waals surface area (Å²) >= 11 is 7.33. The second kappa shape index (κ2) is 11.2. The summed E-state index contributed by atoms with van der Waals surface area (Å²) in [5.74, 6) is 1.12. The monoisotopic (exact) mass is 520 g/mol. The molecule has 186 valence electrons. The van der Waals surface area contributed by atoms with Crippen LogP contribution in [0.15, 0.2) is 71.9 Å². The second-order valence-corrected chi connectivity index (χ2v) is 9.66. The zero-order chi connectivity index (χ0) is 24.9. The Labute approximate surface area is 220 Å². The number of rotatable bonds is 7. The van der Waals surface area contributed by atoms with Crippen LogP contribution in [0.4, 0.5) is 0 Å². The maximum Gasteiger partial charge on any atom is 0.256 e. The van der Waals surface area contributed by atoms with Crippen LogP contribution in [0.25, 0.3) is 5.78 Å². The standard InChI is InChI=1S/C26H28N6O2S2/c1-18-15-22(32-24(27-18)29-25(30-32)36-2)34-17-21-16-31(13-14-33-21)26(35)28-23(19-9-5-3-6-10-19)20-11-7-4-8-12-20/h3-12,15,21,23H,13-14,16-17H2,1-2H3,(H,28,35). The quantitative estimate of drug-likeness (QED) is 0.288. The second-order valence-electron chi connectivity index (χ2n) is 8.50. The molecule has 1 unspecified atom stereocenters. The molecule has 4 aromatic rings. The smallest absolute Gasteiger partial charge is 0.256 e. The third-order valence-corrected chi connectivity index (χ3v) is 6.86. The van der Waals surface area contributed by atoms with Crippen LogP contribution in [0.1, 0.15) is 22.9 Å². The van der Waals surface area contributed by atoms with Crippen molar-refractivity contribution in [2.24, 2.45) is 0 Å². The molecule has 2 aromatic heterocycles. The van der Waals surface area contributed by atoms with Gasteiger partial charge in [0.15, 0.2) is 5.11 Å². The highest BCUT2D eigenvalue weighted by Gasteiger charge is 2.25. The Morgan fingerprint density at radius 2 is 1.83 bits per heavy atom. The van der Waals surface area contributed by atoms with Crippen molar-refractivity contribution < 1.29 is 9.47 Å². The van der Waals surface area contributed by atoms with E-state index in [9.17, 15) is 0 Å². The molecule has 0 aliphatic carbocycles. The summed E-state index contributed by atoms with van der Waals surface area (Å²) in [6.45, 7) is 4.20. The number of hydrogen-bond donors (Lipinski definition) is 1. The molecule has 3 heterocycles. The average molecular weight is 521 g/mol. The van der Waals surface area contributed by atoms with Crippen LogP contribution in [0.5, 0.6) is 5.88 Å². The fourth-order valence-electron chi connectivity index (χ4n) is 4.17. The molecule has 1 N–H and O–H groups in total. The van der Waals surface area contributed by atoms with Gasteiger partial charge in [0, 0.05) is 24.8 Å². The SMILES string of the molecule is CSc1nc2nc(C)cc(OCC3CN(C(=S)NC(c4ccccc4)c4ccccc4)CCO3)n2n1. The Kier molecular flexibility index (Phi) is 7.64. The van der Waals surface area contributed by atoms with Crippen LogP contribution in [0.2, 0.25) is 0 Å². The predicted molar refractivity (Wildman–Crippen MR) is 145 cm³/mol. The fraction of sp³-hybridized carbons (Fsp3) is 0.308. The first-order valence-electron chi connectivity index (χ1n) is 11.8. The first-order chi connectivity index (χ1) is 17.6. The Bertz CT molecular complexity index is 1280. The molecular weight excluding hydrogens is 492 g/mol. The number of thioether (sulfide) groups is 1. The van der Waals surface area contributed by atoms with E-state index in [0.717, 1.165) is 23.4 Å². The molecule has 36 heavy (non-hydrogen) atoms. The van der Waals surface area contributed by atoms with Crippen LogP contribution in [-0.2, 0) is 4.74 Å².